The maximum Gasteiger partial charge on any atom is 0.0703 e. The Hall–Kier alpha value is -1.61. The number of aliphatic hydroxyl groups is 1. The van der Waals surface area contributed by atoms with E-state index >= 15 is 0 Å². The highest BCUT2D eigenvalue weighted by molar-refractivity contribution is 5.81. The molecule has 1 fully saturated rings. The molecule has 1 saturated carbocycles. The summed E-state index contributed by atoms with van der Waals surface area (Å²) < 4.78 is 0. The van der Waals surface area contributed by atoms with Crippen LogP contribution in [0.4, 0.5) is 5.69 Å². The molecule has 3 nitrogen and oxygen atoms in total. The van der Waals surface area contributed by atoms with Gasteiger partial charge in [-0.05, 0) is 37.8 Å². The van der Waals surface area contributed by atoms with Crippen LogP contribution in [0.1, 0.15) is 25.7 Å². The summed E-state index contributed by atoms with van der Waals surface area (Å²) in [7, 11) is 0. The van der Waals surface area contributed by atoms with Gasteiger partial charge < -0.3 is 10.4 Å². The Kier molecular flexibility index (Phi) is 3.15. The minimum absolute atomic E-state index is 0.0993. The molecule has 3 heteroatoms. The fourth-order valence-electron chi connectivity index (χ4n) is 2.61. The fraction of sp³-hybridized carbons (Fsp3) is 0.400. The minimum atomic E-state index is -0.0993. The van der Waals surface area contributed by atoms with E-state index in [4.69, 9.17) is 0 Å². The molecule has 0 bridgehead atoms. The van der Waals surface area contributed by atoms with Gasteiger partial charge in [0.2, 0.25) is 0 Å². The predicted octanol–water partition coefficient (Wildman–Crippen LogP) is 2.95. The topological polar surface area (TPSA) is 45.1 Å². The first-order chi connectivity index (χ1) is 8.81. The first-order valence-corrected chi connectivity index (χ1v) is 6.61. The zero-order chi connectivity index (χ0) is 12.4. The molecule has 0 amide bonds. The number of nitrogens with one attached hydrogen (secondary N) is 1. The lowest BCUT2D eigenvalue weighted by Crippen LogP contribution is -2.28. The van der Waals surface area contributed by atoms with Crippen molar-refractivity contribution >= 4 is 16.6 Å². The summed E-state index contributed by atoms with van der Waals surface area (Å²) in [5.74, 6) is 0. The number of aromatic nitrogens is 1. The number of anilines is 1. The van der Waals surface area contributed by atoms with E-state index in [-0.39, 0.29) is 6.10 Å². The number of rotatable bonds is 2. The Morgan fingerprint density at radius 2 is 1.89 bits per heavy atom. The van der Waals surface area contributed by atoms with Gasteiger partial charge in [0.25, 0.3) is 0 Å². The molecule has 3 rings (SSSR count). The second-order valence-corrected chi connectivity index (χ2v) is 5.07. The van der Waals surface area contributed by atoms with Gasteiger partial charge in [-0.15, -0.1) is 0 Å². The number of aliphatic hydroxyl groups excluding tert-OH is 1. The van der Waals surface area contributed by atoms with Crippen LogP contribution in [0.5, 0.6) is 0 Å². The molecule has 0 aliphatic heterocycles. The van der Waals surface area contributed by atoms with Gasteiger partial charge in [-0.25, -0.2) is 0 Å². The first-order valence-electron chi connectivity index (χ1n) is 6.61. The number of fused-ring (bicyclic) bond motifs is 1. The third kappa shape index (κ3) is 2.46. The van der Waals surface area contributed by atoms with Crippen LogP contribution in [0.2, 0.25) is 0 Å². The van der Waals surface area contributed by atoms with E-state index in [0.717, 1.165) is 36.9 Å². The molecule has 0 saturated heterocycles. The highest BCUT2D eigenvalue weighted by Gasteiger charge is 2.19. The minimum Gasteiger partial charge on any atom is -0.393 e. The molecule has 1 heterocycles. The van der Waals surface area contributed by atoms with Gasteiger partial charge in [0.15, 0.2) is 0 Å². The van der Waals surface area contributed by atoms with E-state index in [0.29, 0.717) is 6.04 Å². The van der Waals surface area contributed by atoms with Gasteiger partial charge in [-0.2, -0.15) is 0 Å². The van der Waals surface area contributed by atoms with Crippen LogP contribution in [-0.2, 0) is 0 Å². The van der Waals surface area contributed by atoms with E-state index in [9.17, 15) is 5.11 Å². The largest absolute Gasteiger partial charge is 0.393 e. The Labute approximate surface area is 107 Å². The van der Waals surface area contributed by atoms with Crippen LogP contribution in [0.25, 0.3) is 10.9 Å². The Morgan fingerprint density at radius 1 is 1.11 bits per heavy atom. The van der Waals surface area contributed by atoms with Gasteiger partial charge in [-0.1, -0.05) is 18.2 Å². The van der Waals surface area contributed by atoms with Crippen molar-refractivity contribution in [2.75, 3.05) is 5.32 Å². The first kappa shape index (κ1) is 11.5. The van der Waals surface area contributed by atoms with Crippen molar-refractivity contribution in [3.8, 4) is 0 Å². The lowest BCUT2D eigenvalue weighted by Gasteiger charge is -2.26. The standard InChI is InChI=1S/C15H18N2O/c18-14-7-5-12(6-8-14)17-13-9-11-3-1-2-4-15(11)16-10-13/h1-4,9-10,12,14,17-18H,5-8H2. The molecular formula is C15H18N2O. The zero-order valence-electron chi connectivity index (χ0n) is 10.3. The van der Waals surface area contributed by atoms with Gasteiger partial charge in [0.1, 0.15) is 0 Å². The van der Waals surface area contributed by atoms with Gasteiger partial charge in [0, 0.05) is 11.4 Å². The van der Waals surface area contributed by atoms with Crippen molar-refractivity contribution in [1.29, 1.82) is 0 Å². The van der Waals surface area contributed by atoms with Gasteiger partial charge in [-0.3, -0.25) is 4.98 Å². The molecule has 94 valence electrons. The van der Waals surface area contributed by atoms with Crippen molar-refractivity contribution in [2.24, 2.45) is 0 Å². The Bertz CT molecular complexity index is 533. The Balaban J connectivity index is 1.74. The van der Waals surface area contributed by atoms with E-state index in [1.54, 1.807) is 0 Å². The van der Waals surface area contributed by atoms with Crippen molar-refractivity contribution in [2.45, 2.75) is 37.8 Å². The quantitative estimate of drug-likeness (QED) is 0.851. The summed E-state index contributed by atoms with van der Waals surface area (Å²) in [4.78, 5) is 4.45. The van der Waals surface area contributed by atoms with Crippen molar-refractivity contribution in [1.82, 2.24) is 4.98 Å². The summed E-state index contributed by atoms with van der Waals surface area (Å²) in [6, 6.07) is 10.8. The SMILES string of the molecule is OC1CCC(Nc2cnc3ccccc3c2)CC1. The zero-order valence-corrected chi connectivity index (χ0v) is 10.3. The monoisotopic (exact) mass is 242 g/mol. The maximum atomic E-state index is 9.49. The highest BCUT2D eigenvalue weighted by atomic mass is 16.3. The fourth-order valence-corrected chi connectivity index (χ4v) is 2.61. The van der Waals surface area contributed by atoms with E-state index < -0.39 is 0 Å². The van der Waals surface area contributed by atoms with Crippen LogP contribution in [0.15, 0.2) is 36.5 Å². The number of hydrogen-bond acceptors (Lipinski definition) is 3. The summed E-state index contributed by atoms with van der Waals surface area (Å²) >= 11 is 0. The van der Waals surface area contributed by atoms with Crippen molar-refractivity contribution < 1.29 is 5.11 Å². The lowest BCUT2D eigenvalue weighted by molar-refractivity contribution is 0.126. The van der Waals surface area contributed by atoms with Crippen LogP contribution < -0.4 is 5.32 Å². The molecule has 1 aliphatic carbocycles. The van der Waals surface area contributed by atoms with Crippen LogP contribution in [0, 0.1) is 0 Å². The summed E-state index contributed by atoms with van der Waals surface area (Å²) in [5.41, 5.74) is 2.11. The smallest absolute Gasteiger partial charge is 0.0703 e. The average Bonchev–Trinajstić information content (AvgIpc) is 2.41. The molecule has 1 aromatic carbocycles. The second-order valence-electron chi connectivity index (χ2n) is 5.07. The number of para-hydroxylation sites is 1. The normalized spacial score (nSPS) is 24.1. The molecule has 2 aromatic rings. The van der Waals surface area contributed by atoms with Crippen LogP contribution in [0.3, 0.4) is 0 Å². The van der Waals surface area contributed by atoms with E-state index in [1.165, 1.54) is 5.39 Å². The highest BCUT2D eigenvalue weighted by Crippen LogP contribution is 2.23. The average molecular weight is 242 g/mol. The van der Waals surface area contributed by atoms with Crippen molar-refractivity contribution in [3.05, 3.63) is 36.5 Å². The van der Waals surface area contributed by atoms with Gasteiger partial charge in [0.05, 0.1) is 23.5 Å². The number of nitrogens with zero attached hydrogens (tertiary/aromatic N) is 1. The number of benzene rings is 1. The third-order valence-corrected chi connectivity index (χ3v) is 3.66. The molecule has 0 radical (unpaired) electrons. The number of pyridine rings is 1. The van der Waals surface area contributed by atoms with Gasteiger partial charge >= 0.3 is 0 Å². The third-order valence-electron chi connectivity index (χ3n) is 3.66. The lowest BCUT2D eigenvalue weighted by atomic mass is 9.93. The summed E-state index contributed by atoms with van der Waals surface area (Å²) in [6.45, 7) is 0. The summed E-state index contributed by atoms with van der Waals surface area (Å²) in [5, 5.41) is 14.2. The molecule has 0 spiro atoms. The second kappa shape index (κ2) is 4.94. The molecule has 0 atom stereocenters. The molecular weight excluding hydrogens is 224 g/mol. The molecule has 1 aromatic heterocycles. The van der Waals surface area contributed by atoms with E-state index in [1.807, 2.05) is 24.4 Å². The van der Waals surface area contributed by atoms with E-state index in [2.05, 4.69) is 22.4 Å². The molecule has 2 N–H and O–H groups in total. The molecule has 1 aliphatic rings. The number of hydrogen-bond donors (Lipinski definition) is 2. The van der Waals surface area contributed by atoms with Crippen LogP contribution >= 0.6 is 0 Å². The molecule has 18 heavy (non-hydrogen) atoms. The predicted molar refractivity (Wildman–Crippen MR) is 73.6 cm³/mol. The van der Waals surface area contributed by atoms with Crippen LogP contribution in [-0.4, -0.2) is 22.2 Å². The molecule has 0 unspecified atom stereocenters. The summed E-state index contributed by atoms with van der Waals surface area (Å²) in [6.07, 6.45) is 5.67. The maximum absolute atomic E-state index is 9.49. The van der Waals surface area contributed by atoms with Crippen molar-refractivity contribution in [3.63, 3.8) is 0 Å². The Morgan fingerprint density at radius 3 is 2.72 bits per heavy atom.